The van der Waals surface area contributed by atoms with E-state index in [1.54, 1.807) is 6.92 Å². The number of carbonyl (C=O) groups excluding carboxylic acids is 1. The third kappa shape index (κ3) is 7.56. The lowest BCUT2D eigenvalue weighted by atomic mass is 10.1. The van der Waals surface area contributed by atoms with Gasteiger partial charge in [-0.1, -0.05) is 0 Å². The number of ether oxygens (including phenoxy) is 2. The van der Waals surface area contributed by atoms with E-state index in [-0.39, 0.29) is 37.6 Å². The standard InChI is InChI=1S/C10H17F3N2O3.ClH/c1-7-8(14-3-5-18-7)9(16)15-2-4-17-6-10(11,12)13;/h7-8,14H,2-6H2,1H3,(H,15,16);1H/t7-,8+;/m1./s1. The summed E-state index contributed by atoms with van der Waals surface area (Å²) in [5, 5.41) is 5.47. The molecule has 0 saturated carbocycles. The summed E-state index contributed by atoms with van der Waals surface area (Å²) >= 11 is 0. The SMILES string of the molecule is C[C@H]1OCCN[C@@H]1C(=O)NCCOCC(F)(F)F.Cl. The third-order valence-corrected chi connectivity index (χ3v) is 2.41. The molecule has 19 heavy (non-hydrogen) atoms. The Bertz CT molecular complexity index is 279. The Morgan fingerprint density at radius 1 is 1.53 bits per heavy atom. The number of alkyl halides is 3. The number of rotatable bonds is 5. The van der Waals surface area contributed by atoms with Gasteiger partial charge in [-0.25, -0.2) is 0 Å². The summed E-state index contributed by atoms with van der Waals surface area (Å²) in [4.78, 5) is 11.6. The van der Waals surface area contributed by atoms with E-state index in [2.05, 4.69) is 15.4 Å². The van der Waals surface area contributed by atoms with E-state index in [0.29, 0.717) is 13.2 Å². The maximum absolute atomic E-state index is 11.7. The highest BCUT2D eigenvalue weighted by molar-refractivity contribution is 5.85. The Labute approximate surface area is 115 Å². The van der Waals surface area contributed by atoms with Crippen molar-refractivity contribution in [3.05, 3.63) is 0 Å². The lowest BCUT2D eigenvalue weighted by Crippen LogP contribution is -2.55. The Morgan fingerprint density at radius 2 is 2.21 bits per heavy atom. The summed E-state index contributed by atoms with van der Waals surface area (Å²) in [6.07, 6.45) is -4.59. The highest BCUT2D eigenvalue weighted by atomic mass is 35.5. The van der Waals surface area contributed by atoms with Crippen molar-refractivity contribution in [1.82, 2.24) is 10.6 Å². The van der Waals surface area contributed by atoms with Crippen molar-refractivity contribution >= 4 is 18.3 Å². The minimum absolute atomic E-state index is 0. The molecule has 0 aromatic rings. The van der Waals surface area contributed by atoms with Crippen molar-refractivity contribution in [2.45, 2.75) is 25.2 Å². The van der Waals surface area contributed by atoms with Crippen LogP contribution in [0.25, 0.3) is 0 Å². The molecule has 2 N–H and O–H groups in total. The molecule has 1 saturated heterocycles. The molecular formula is C10H18ClF3N2O3. The van der Waals surface area contributed by atoms with Crippen molar-refractivity contribution < 1.29 is 27.4 Å². The van der Waals surface area contributed by atoms with Crippen molar-refractivity contribution in [1.29, 1.82) is 0 Å². The molecule has 1 aliphatic rings. The van der Waals surface area contributed by atoms with Crippen molar-refractivity contribution in [3.8, 4) is 0 Å². The summed E-state index contributed by atoms with van der Waals surface area (Å²) < 4.78 is 44.9. The van der Waals surface area contributed by atoms with Crippen molar-refractivity contribution in [3.63, 3.8) is 0 Å². The molecule has 114 valence electrons. The first-order chi connectivity index (χ1) is 8.40. The zero-order valence-electron chi connectivity index (χ0n) is 10.5. The molecule has 1 amide bonds. The largest absolute Gasteiger partial charge is 0.411 e. The molecule has 0 aromatic carbocycles. The Hall–Kier alpha value is -0.570. The second kappa shape index (κ2) is 8.57. The fraction of sp³-hybridized carbons (Fsp3) is 0.900. The first kappa shape index (κ1) is 18.4. The molecule has 0 unspecified atom stereocenters. The predicted octanol–water partition coefficient (Wildman–Crippen LogP) is 0.480. The zero-order valence-corrected chi connectivity index (χ0v) is 11.3. The highest BCUT2D eigenvalue weighted by Crippen LogP contribution is 2.13. The number of morpholine rings is 1. The topological polar surface area (TPSA) is 59.6 Å². The number of amides is 1. The van der Waals surface area contributed by atoms with Gasteiger partial charge < -0.3 is 20.1 Å². The Kier molecular flexibility index (Phi) is 8.31. The first-order valence-electron chi connectivity index (χ1n) is 5.67. The zero-order chi connectivity index (χ0) is 13.6. The van der Waals surface area contributed by atoms with Crippen LogP contribution in [0.5, 0.6) is 0 Å². The molecule has 0 bridgehead atoms. The number of hydrogen-bond donors (Lipinski definition) is 2. The molecule has 2 atom stereocenters. The number of hydrogen-bond acceptors (Lipinski definition) is 4. The van der Waals surface area contributed by atoms with Crippen LogP contribution in [0.1, 0.15) is 6.92 Å². The number of carbonyl (C=O) groups is 1. The Balaban J connectivity index is 0.00000324. The fourth-order valence-corrected chi connectivity index (χ4v) is 1.57. The van der Waals surface area contributed by atoms with Crippen molar-refractivity contribution in [2.75, 3.05) is 32.9 Å². The average molecular weight is 307 g/mol. The fourth-order valence-electron chi connectivity index (χ4n) is 1.57. The van der Waals surface area contributed by atoms with Crippen LogP contribution in [0.15, 0.2) is 0 Å². The van der Waals surface area contributed by atoms with E-state index < -0.39 is 18.8 Å². The summed E-state index contributed by atoms with van der Waals surface area (Å²) in [5.74, 6) is -0.294. The molecule has 5 nitrogen and oxygen atoms in total. The lowest BCUT2D eigenvalue weighted by molar-refractivity contribution is -0.173. The molecular weight excluding hydrogens is 289 g/mol. The minimum Gasteiger partial charge on any atom is -0.375 e. The smallest absolute Gasteiger partial charge is 0.375 e. The lowest BCUT2D eigenvalue weighted by Gasteiger charge is -2.29. The van der Waals surface area contributed by atoms with Gasteiger partial charge in [-0.05, 0) is 6.92 Å². The van der Waals surface area contributed by atoms with Crippen LogP contribution in [0.4, 0.5) is 13.2 Å². The first-order valence-corrected chi connectivity index (χ1v) is 5.67. The van der Waals surface area contributed by atoms with Crippen LogP contribution in [0.2, 0.25) is 0 Å². The van der Waals surface area contributed by atoms with Gasteiger partial charge in [-0.2, -0.15) is 13.2 Å². The van der Waals surface area contributed by atoms with Crippen LogP contribution in [0, 0.1) is 0 Å². The quantitative estimate of drug-likeness (QED) is 0.726. The second-order valence-corrected chi connectivity index (χ2v) is 3.97. The van der Waals surface area contributed by atoms with E-state index >= 15 is 0 Å². The van der Waals surface area contributed by atoms with E-state index in [4.69, 9.17) is 4.74 Å². The van der Waals surface area contributed by atoms with E-state index in [1.807, 2.05) is 0 Å². The van der Waals surface area contributed by atoms with Gasteiger partial charge in [-0.15, -0.1) is 12.4 Å². The molecule has 0 aromatic heterocycles. The summed E-state index contributed by atoms with van der Waals surface area (Å²) in [6.45, 7) is 1.44. The molecule has 1 aliphatic heterocycles. The molecule has 1 heterocycles. The Morgan fingerprint density at radius 3 is 2.79 bits per heavy atom. The minimum atomic E-state index is -4.34. The van der Waals surface area contributed by atoms with Gasteiger partial charge in [0, 0.05) is 13.1 Å². The number of halogens is 4. The molecule has 0 aliphatic carbocycles. The number of nitrogens with one attached hydrogen (secondary N) is 2. The average Bonchev–Trinajstić information content (AvgIpc) is 2.27. The molecule has 0 radical (unpaired) electrons. The summed E-state index contributed by atoms with van der Waals surface area (Å²) in [7, 11) is 0. The van der Waals surface area contributed by atoms with Crippen LogP contribution < -0.4 is 10.6 Å². The normalized spacial score (nSPS) is 23.6. The molecule has 0 spiro atoms. The van der Waals surface area contributed by atoms with E-state index in [9.17, 15) is 18.0 Å². The molecule has 1 fully saturated rings. The van der Waals surface area contributed by atoms with Gasteiger partial charge in [0.25, 0.3) is 0 Å². The highest BCUT2D eigenvalue weighted by Gasteiger charge is 2.29. The van der Waals surface area contributed by atoms with Crippen LogP contribution >= 0.6 is 12.4 Å². The van der Waals surface area contributed by atoms with Crippen molar-refractivity contribution in [2.24, 2.45) is 0 Å². The summed E-state index contributed by atoms with van der Waals surface area (Å²) in [5.41, 5.74) is 0. The van der Waals surface area contributed by atoms with Gasteiger partial charge in [0.1, 0.15) is 12.6 Å². The molecule has 1 rings (SSSR count). The maximum atomic E-state index is 11.7. The monoisotopic (exact) mass is 306 g/mol. The van der Waals surface area contributed by atoms with Gasteiger partial charge in [0.05, 0.1) is 19.3 Å². The van der Waals surface area contributed by atoms with E-state index in [1.165, 1.54) is 0 Å². The predicted molar refractivity (Wildman–Crippen MR) is 64.3 cm³/mol. The van der Waals surface area contributed by atoms with Crippen LogP contribution in [-0.2, 0) is 14.3 Å². The van der Waals surface area contributed by atoms with Gasteiger partial charge >= 0.3 is 6.18 Å². The maximum Gasteiger partial charge on any atom is 0.411 e. The second-order valence-electron chi connectivity index (χ2n) is 3.97. The third-order valence-electron chi connectivity index (χ3n) is 2.41. The van der Waals surface area contributed by atoms with Crippen LogP contribution in [-0.4, -0.2) is 57.1 Å². The van der Waals surface area contributed by atoms with Gasteiger partial charge in [0.15, 0.2) is 0 Å². The van der Waals surface area contributed by atoms with Gasteiger partial charge in [-0.3, -0.25) is 4.79 Å². The van der Waals surface area contributed by atoms with Gasteiger partial charge in [0.2, 0.25) is 5.91 Å². The van der Waals surface area contributed by atoms with E-state index in [0.717, 1.165) is 0 Å². The van der Waals surface area contributed by atoms with Crippen LogP contribution in [0.3, 0.4) is 0 Å². The summed E-state index contributed by atoms with van der Waals surface area (Å²) in [6, 6.07) is -0.471. The molecule has 9 heteroatoms.